The average Bonchev–Trinajstić information content (AvgIpc) is 2.49. The zero-order valence-corrected chi connectivity index (χ0v) is 14.4. The highest BCUT2D eigenvalue weighted by molar-refractivity contribution is 5.66. The van der Waals surface area contributed by atoms with Crippen molar-refractivity contribution in [3.05, 3.63) is 12.2 Å². The molecule has 0 rings (SSSR count). The van der Waals surface area contributed by atoms with Gasteiger partial charge in [-0.05, 0) is 25.7 Å². The molecule has 0 aromatic rings. The van der Waals surface area contributed by atoms with Gasteiger partial charge >= 0.3 is 5.97 Å². The summed E-state index contributed by atoms with van der Waals surface area (Å²) in [5, 5.41) is 18.2. The van der Waals surface area contributed by atoms with E-state index in [1.807, 2.05) is 6.08 Å². The minimum atomic E-state index is -0.674. The molecule has 1 unspecified atom stereocenters. The molecule has 0 aromatic heterocycles. The summed E-state index contributed by atoms with van der Waals surface area (Å²) < 4.78 is 0. The normalized spacial score (nSPS) is 12.8. The second-order valence-electron chi connectivity index (χ2n) is 6.25. The van der Waals surface area contributed by atoms with Crippen LogP contribution in [0.4, 0.5) is 0 Å². The first-order chi connectivity index (χ1) is 10.7. The molecule has 0 saturated carbocycles. The van der Waals surface area contributed by atoms with Crippen LogP contribution in [0.15, 0.2) is 12.2 Å². The van der Waals surface area contributed by atoms with Crippen molar-refractivity contribution < 1.29 is 15.0 Å². The van der Waals surface area contributed by atoms with E-state index in [2.05, 4.69) is 13.0 Å². The van der Waals surface area contributed by atoms with Gasteiger partial charge in [0.15, 0.2) is 0 Å². The highest BCUT2D eigenvalue weighted by atomic mass is 16.4. The van der Waals surface area contributed by atoms with Gasteiger partial charge < -0.3 is 10.2 Å². The quantitative estimate of drug-likeness (QED) is 0.293. The summed E-state index contributed by atoms with van der Waals surface area (Å²) in [4.78, 5) is 10.3. The summed E-state index contributed by atoms with van der Waals surface area (Å²) in [5.74, 6) is -0.674. The molecular weight excluding hydrogens is 276 g/mol. The van der Waals surface area contributed by atoms with Gasteiger partial charge in [0.05, 0.1) is 6.10 Å². The number of carboxylic acid groups (broad SMARTS) is 1. The van der Waals surface area contributed by atoms with E-state index >= 15 is 0 Å². The van der Waals surface area contributed by atoms with E-state index < -0.39 is 5.97 Å². The molecule has 0 radical (unpaired) electrons. The third kappa shape index (κ3) is 17.2. The number of aliphatic hydroxyl groups excluding tert-OH is 1. The Hall–Kier alpha value is -0.830. The summed E-state index contributed by atoms with van der Waals surface area (Å²) >= 11 is 0. The molecule has 3 nitrogen and oxygen atoms in total. The molecule has 0 heterocycles. The van der Waals surface area contributed by atoms with Crippen molar-refractivity contribution in [1.82, 2.24) is 0 Å². The van der Waals surface area contributed by atoms with E-state index in [4.69, 9.17) is 5.11 Å². The Morgan fingerprint density at radius 3 is 2.00 bits per heavy atom. The van der Waals surface area contributed by atoms with Crippen LogP contribution in [-0.2, 0) is 4.79 Å². The molecule has 0 aliphatic rings. The fourth-order valence-corrected chi connectivity index (χ4v) is 2.54. The molecule has 0 aliphatic heterocycles. The Labute approximate surface area is 136 Å². The maximum Gasteiger partial charge on any atom is 0.303 e. The van der Waals surface area contributed by atoms with Crippen LogP contribution >= 0.6 is 0 Å². The van der Waals surface area contributed by atoms with Gasteiger partial charge in [-0.15, -0.1) is 0 Å². The van der Waals surface area contributed by atoms with Gasteiger partial charge in [-0.2, -0.15) is 0 Å². The maximum atomic E-state index is 10.3. The van der Waals surface area contributed by atoms with Crippen molar-refractivity contribution in [3.8, 4) is 0 Å². The van der Waals surface area contributed by atoms with E-state index in [1.54, 1.807) is 0 Å². The monoisotopic (exact) mass is 312 g/mol. The number of carbonyl (C=O) groups is 1. The topological polar surface area (TPSA) is 57.5 Å². The third-order valence-corrected chi connectivity index (χ3v) is 3.97. The second-order valence-corrected chi connectivity index (χ2v) is 6.25. The molecule has 130 valence electrons. The molecule has 0 spiro atoms. The summed E-state index contributed by atoms with van der Waals surface area (Å²) in [6, 6.07) is 0. The maximum absolute atomic E-state index is 10.3. The molecule has 2 N–H and O–H groups in total. The number of hydrogen-bond acceptors (Lipinski definition) is 2. The molecule has 0 bridgehead atoms. The van der Waals surface area contributed by atoms with E-state index in [0.717, 1.165) is 38.5 Å². The second kappa shape index (κ2) is 16.5. The number of aliphatic hydroxyl groups is 1. The van der Waals surface area contributed by atoms with Gasteiger partial charge in [-0.1, -0.05) is 76.9 Å². The zero-order valence-electron chi connectivity index (χ0n) is 14.4. The van der Waals surface area contributed by atoms with Gasteiger partial charge in [0, 0.05) is 6.42 Å². The van der Waals surface area contributed by atoms with Crippen molar-refractivity contribution in [2.24, 2.45) is 0 Å². The summed E-state index contributed by atoms with van der Waals surface area (Å²) in [5.41, 5.74) is 0. The van der Waals surface area contributed by atoms with Crippen LogP contribution in [0.3, 0.4) is 0 Å². The standard InChI is InChI=1S/C19H36O3/c1-2-3-15-18(20)16-13-11-9-7-5-4-6-8-10-12-14-17-19(21)22/h13,16,18,20H,2-12,14-15,17H2,1H3,(H,21,22). The average molecular weight is 312 g/mol. The number of aliphatic carboxylic acids is 1. The first-order valence-corrected chi connectivity index (χ1v) is 9.23. The molecule has 0 fully saturated rings. The molecule has 3 heteroatoms. The SMILES string of the molecule is CCCCC(O)C=CCCCCCCCCCCCC(=O)O. The summed E-state index contributed by atoms with van der Waals surface area (Å²) in [6.07, 6.45) is 19.0. The highest BCUT2D eigenvalue weighted by Gasteiger charge is 1.97. The minimum Gasteiger partial charge on any atom is -0.481 e. The highest BCUT2D eigenvalue weighted by Crippen LogP contribution is 2.11. The van der Waals surface area contributed by atoms with Crippen LogP contribution < -0.4 is 0 Å². The van der Waals surface area contributed by atoms with Crippen LogP contribution in [0.5, 0.6) is 0 Å². The molecule has 22 heavy (non-hydrogen) atoms. The lowest BCUT2D eigenvalue weighted by Crippen LogP contribution is -2.00. The van der Waals surface area contributed by atoms with E-state index in [9.17, 15) is 9.90 Å². The van der Waals surface area contributed by atoms with E-state index in [0.29, 0.717) is 6.42 Å². The number of rotatable bonds is 16. The van der Waals surface area contributed by atoms with Crippen LogP contribution in [-0.4, -0.2) is 22.3 Å². The van der Waals surface area contributed by atoms with Gasteiger partial charge in [0.1, 0.15) is 0 Å². The van der Waals surface area contributed by atoms with Crippen LogP contribution in [0.25, 0.3) is 0 Å². The lowest BCUT2D eigenvalue weighted by molar-refractivity contribution is -0.137. The van der Waals surface area contributed by atoms with Crippen LogP contribution in [0.2, 0.25) is 0 Å². The predicted octanol–water partition coefficient (Wildman–Crippen LogP) is 5.47. The molecule has 0 aliphatic carbocycles. The van der Waals surface area contributed by atoms with Gasteiger partial charge in [0.25, 0.3) is 0 Å². The third-order valence-electron chi connectivity index (χ3n) is 3.97. The van der Waals surface area contributed by atoms with Crippen LogP contribution in [0.1, 0.15) is 96.8 Å². The first-order valence-electron chi connectivity index (χ1n) is 9.23. The summed E-state index contributed by atoms with van der Waals surface area (Å²) in [7, 11) is 0. The van der Waals surface area contributed by atoms with Crippen molar-refractivity contribution in [3.63, 3.8) is 0 Å². The number of unbranched alkanes of at least 4 members (excludes halogenated alkanes) is 10. The Bertz CT molecular complexity index is 274. The molecule has 0 aromatic carbocycles. The Morgan fingerprint density at radius 2 is 1.45 bits per heavy atom. The fraction of sp³-hybridized carbons (Fsp3) is 0.842. The Kier molecular flexibility index (Phi) is 15.9. The van der Waals surface area contributed by atoms with Crippen molar-refractivity contribution in [2.45, 2.75) is 103 Å². The number of carboxylic acids is 1. The minimum absolute atomic E-state index is 0.249. The first kappa shape index (κ1) is 21.2. The molecular formula is C19H36O3. The molecule has 0 amide bonds. The Morgan fingerprint density at radius 1 is 0.909 bits per heavy atom. The molecule has 1 atom stereocenters. The van der Waals surface area contributed by atoms with Gasteiger partial charge in [0.2, 0.25) is 0 Å². The number of hydrogen-bond donors (Lipinski definition) is 2. The molecule has 0 saturated heterocycles. The van der Waals surface area contributed by atoms with Crippen LogP contribution in [0, 0.1) is 0 Å². The van der Waals surface area contributed by atoms with E-state index in [1.165, 1.54) is 44.9 Å². The lowest BCUT2D eigenvalue weighted by atomic mass is 10.1. The smallest absolute Gasteiger partial charge is 0.303 e. The predicted molar refractivity (Wildman–Crippen MR) is 93.1 cm³/mol. The van der Waals surface area contributed by atoms with Crippen molar-refractivity contribution >= 4 is 5.97 Å². The Balaban J connectivity index is 3.17. The van der Waals surface area contributed by atoms with Gasteiger partial charge in [-0.3, -0.25) is 4.79 Å². The van der Waals surface area contributed by atoms with E-state index in [-0.39, 0.29) is 6.10 Å². The lowest BCUT2D eigenvalue weighted by Gasteiger charge is -2.03. The van der Waals surface area contributed by atoms with Crippen molar-refractivity contribution in [2.75, 3.05) is 0 Å². The zero-order chi connectivity index (χ0) is 16.5. The largest absolute Gasteiger partial charge is 0.481 e. The fourth-order valence-electron chi connectivity index (χ4n) is 2.54. The number of allylic oxidation sites excluding steroid dienone is 1. The van der Waals surface area contributed by atoms with Gasteiger partial charge in [-0.25, -0.2) is 0 Å². The van der Waals surface area contributed by atoms with Crippen molar-refractivity contribution in [1.29, 1.82) is 0 Å². The summed E-state index contributed by atoms with van der Waals surface area (Å²) in [6.45, 7) is 2.15.